The van der Waals surface area contributed by atoms with Crippen LogP contribution in [-0.2, 0) is 11.5 Å². The minimum absolute atomic E-state index is 0.0482. The molecule has 1 aromatic carbocycles. The average molecular weight is 469 g/mol. The topological polar surface area (TPSA) is 85.9 Å². The Morgan fingerprint density at radius 2 is 1.97 bits per heavy atom. The second-order valence-electron chi connectivity index (χ2n) is 9.13. The maximum atomic E-state index is 14.9. The van der Waals surface area contributed by atoms with Crippen LogP contribution < -0.4 is 5.73 Å². The Morgan fingerprint density at radius 1 is 1.18 bits per heavy atom. The first-order valence-electron chi connectivity index (χ1n) is 10.7. The third-order valence-corrected chi connectivity index (χ3v) is 7.23. The summed E-state index contributed by atoms with van der Waals surface area (Å²) in [6, 6.07) is 10.1. The number of aromatic nitrogens is 3. The minimum Gasteiger partial charge on any atom is -0.366 e. The SMILES string of the molecule is C[Si](C)(C)CCOCn1c(-c2ccnc3[nH]ccc23)cc(C(N)=O)c1-c1cccc(F)c1F. The predicted octanol–water partition coefficient (Wildman–Crippen LogP) is 5.39. The third-order valence-electron chi connectivity index (χ3n) is 5.52. The fourth-order valence-corrected chi connectivity index (χ4v) is 4.55. The van der Waals surface area contributed by atoms with E-state index in [-0.39, 0.29) is 23.6 Å². The molecule has 0 aliphatic carbocycles. The molecule has 3 heterocycles. The molecule has 4 rings (SSSR count). The number of benzene rings is 1. The average Bonchev–Trinajstić information content (AvgIpc) is 3.37. The molecule has 6 nitrogen and oxygen atoms in total. The van der Waals surface area contributed by atoms with E-state index in [0.717, 1.165) is 23.1 Å². The van der Waals surface area contributed by atoms with Crippen molar-refractivity contribution in [3.63, 3.8) is 0 Å². The van der Waals surface area contributed by atoms with Crippen LogP contribution in [0.3, 0.4) is 0 Å². The Labute approximate surface area is 191 Å². The first-order chi connectivity index (χ1) is 15.7. The lowest BCUT2D eigenvalue weighted by Crippen LogP contribution is -2.22. The van der Waals surface area contributed by atoms with Crippen LogP contribution in [0.25, 0.3) is 33.5 Å². The quantitative estimate of drug-likeness (QED) is 0.269. The van der Waals surface area contributed by atoms with E-state index in [1.807, 2.05) is 6.07 Å². The molecule has 0 bridgehead atoms. The van der Waals surface area contributed by atoms with Crippen molar-refractivity contribution in [1.82, 2.24) is 14.5 Å². The van der Waals surface area contributed by atoms with E-state index < -0.39 is 25.6 Å². The van der Waals surface area contributed by atoms with Gasteiger partial charge in [-0.05, 0) is 36.4 Å². The van der Waals surface area contributed by atoms with Crippen LogP contribution >= 0.6 is 0 Å². The van der Waals surface area contributed by atoms with Gasteiger partial charge in [-0.15, -0.1) is 0 Å². The van der Waals surface area contributed by atoms with Gasteiger partial charge in [-0.2, -0.15) is 0 Å². The number of nitrogens with one attached hydrogen (secondary N) is 1. The van der Waals surface area contributed by atoms with Crippen LogP contribution in [0.4, 0.5) is 8.78 Å². The Hall–Kier alpha value is -3.30. The molecule has 0 unspecified atom stereocenters. The first kappa shape index (κ1) is 22.9. The second-order valence-corrected chi connectivity index (χ2v) is 14.8. The van der Waals surface area contributed by atoms with E-state index in [9.17, 15) is 13.6 Å². The van der Waals surface area contributed by atoms with Crippen molar-refractivity contribution < 1.29 is 18.3 Å². The van der Waals surface area contributed by atoms with Gasteiger partial charge in [0, 0.05) is 43.6 Å². The van der Waals surface area contributed by atoms with E-state index in [0.29, 0.717) is 17.9 Å². The maximum absolute atomic E-state index is 14.9. The van der Waals surface area contributed by atoms with Gasteiger partial charge in [0.2, 0.25) is 0 Å². The standard InChI is InChI=1S/C24H26F2N4O2Si/c1-33(2,3)12-11-32-14-30-20(15-7-9-28-24-16(15)8-10-29-24)13-18(23(27)31)22(30)17-5-4-6-19(25)21(17)26/h4-10,13H,11-12,14H2,1-3H3,(H2,27,31)(H,28,29). The van der Waals surface area contributed by atoms with Gasteiger partial charge >= 0.3 is 0 Å². The predicted molar refractivity (Wildman–Crippen MR) is 127 cm³/mol. The number of H-pyrrole nitrogens is 1. The van der Waals surface area contributed by atoms with Gasteiger partial charge < -0.3 is 20.0 Å². The molecule has 4 aromatic rings. The van der Waals surface area contributed by atoms with Gasteiger partial charge in [-0.1, -0.05) is 25.7 Å². The number of primary amides is 1. The van der Waals surface area contributed by atoms with Crippen LogP contribution in [0.15, 0.2) is 48.8 Å². The molecular formula is C24H26F2N4O2Si. The molecule has 0 saturated heterocycles. The molecule has 0 aliphatic heterocycles. The van der Waals surface area contributed by atoms with E-state index in [1.165, 1.54) is 12.1 Å². The highest BCUT2D eigenvalue weighted by Crippen LogP contribution is 2.37. The number of hydrogen-bond acceptors (Lipinski definition) is 3. The highest BCUT2D eigenvalue weighted by Gasteiger charge is 2.25. The highest BCUT2D eigenvalue weighted by atomic mass is 28.3. The lowest BCUT2D eigenvalue weighted by atomic mass is 10.1. The summed E-state index contributed by atoms with van der Waals surface area (Å²) in [5.41, 5.74) is 7.93. The third kappa shape index (κ3) is 4.60. The normalized spacial score (nSPS) is 11.9. The van der Waals surface area contributed by atoms with Crippen LogP contribution in [0, 0.1) is 11.6 Å². The number of fused-ring (bicyclic) bond motifs is 1. The molecule has 172 valence electrons. The largest absolute Gasteiger partial charge is 0.366 e. The van der Waals surface area contributed by atoms with E-state index in [4.69, 9.17) is 10.5 Å². The van der Waals surface area contributed by atoms with Crippen LogP contribution in [0.5, 0.6) is 0 Å². The van der Waals surface area contributed by atoms with Gasteiger partial charge in [0.15, 0.2) is 11.6 Å². The Balaban J connectivity index is 1.92. The number of nitrogens with zero attached hydrogens (tertiary/aromatic N) is 2. The zero-order chi connectivity index (χ0) is 23.8. The number of aromatic amines is 1. The molecule has 0 spiro atoms. The lowest BCUT2D eigenvalue weighted by molar-refractivity contribution is 0.0893. The van der Waals surface area contributed by atoms with Crippen molar-refractivity contribution in [2.75, 3.05) is 6.61 Å². The maximum Gasteiger partial charge on any atom is 0.250 e. The lowest BCUT2D eigenvalue weighted by Gasteiger charge is -2.18. The molecule has 3 aromatic heterocycles. The molecular weight excluding hydrogens is 442 g/mol. The smallest absolute Gasteiger partial charge is 0.250 e. The van der Waals surface area contributed by atoms with Crippen molar-refractivity contribution in [3.05, 3.63) is 66.0 Å². The molecule has 0 saturated carbocycles. The van der Waals surface area contributed by atoms with Crippen molar-refractivity contribution in [3.8, 4) is 22.5 Å². The number of amides is 1. The first-order valence-corrected chi connectivity index (χ1v) is 14.4. The molecule has 0 aliphatic rings. The van der Waals surface area contributed by atoms with Crippen molar-refractivity contribution in [2.45, 2.75) is 32.4 Å². The summed E-state index contributed by atoms with van der Waals surface area (Å²) >= 11 is 0. The van der Waals surface area contributed by atoms with Crippen LogP contribution in [0.1, 0.15) is 10.4 Å². The van der Waals surface area contributed by atoms with Gasteiger partial charge in [0.25, 0.3) is 5.91 Å². The van der Waals surface area contributed by atoms with E-state index in [2.05, 4.69) is 29.6 Å². The number of carbonyl (C=O) groups is 1. The molecule has 9 heteroatoms. The number of ether oxygens (including phenoxy) is 1. The van der Waals surface area contributed by atoms with Gasteiger partial charge in [-0.25, -0.2) is 13.8 Å². The Bertz CT molecular complexity index is 1320. The Morgan fingerprint density at radius 3 is 2.70 bits per heavy atom. The van der Waals surface area contributed by atoms with Gasteiger partial charge in [0.05, 0.1) is 17.0 Å². The number of pyridine rings is 1. The fraction of sp³-hybridized carbons (Fsp3) is 0.250. The zero-order valence-corrected chi connectivity index (χ0v) is 19.8. The van der Waals surface area contributed by atoms with Gasteiger partial charge in [-0.3, -0.25) is 4.79 Å². The second kappa shape index (κ2) is 8.91. The Kier molecular flexibility index (Phi) is 6.18. The van der Waals surface area contributed by atoms with Crippen LogP contribution in [0.2, 0.25) is 25.7 Å². The number of nitrogens with two attached hydrogens (primary N) is 1. The van der Waals surface area contributed by atoms with Crippen molar-refractivity contribution >= 4 is 25.0 Å². The highest BCUT2D eigenvalue weighted by molar-refractivity contribution is 6.76. The number of hydrogen-bond donors (Lipinski definition) is 2. The summed E-state index contributed by atoms with van der Waals surface area (Å²) in [5, 5.41) is 0.820. The molecule has 1 amide bonds. The monoisotopic (exact) mass is 468 g/mol. The number of carbonyl (C=O) groups excluding carboxylic acids is 1. The van der Waals surface area contributed by atoms with Crippen LogP contribution in [-0.4, -0.2) is 35.1 Å². The molecule has 0 fully saturated rings. The summed E-state index contributed by atoms with van der Waals surface area (Å²) in [6.45, 7) is 7.30. The van der Waals surface area contributed by atoms with E-state index >= 15 is 0 Å². The number of halogens is 2. The molecule has 33 heavy (non-hydrogen) atoms. The van der Waals surface area contributed by atoms with E-state index in [1.54, 1.807) is 29.1 Å². The summed E-state index contributed by atoms with van der Waals surface area (Å²) in [5.74, 6) is -2.79. The van der Waals surface area contributed by atoms with Crippen molar-refractivity contribution in [1.29, 1.82) is 0 Å². The minimum atomic E-state index is -1.34. The summed E-state index contributed by atoms with van der Waals surface area (Å²) in [4.78, 5) is 19.8. The summed E-state index contributed by atoms with van der Waals surface area (Å²) < 4.78 is 36.7. The fourth-order valence-electron chi connectivity index (χ4n) is 3.79. The molecule has 0 atom stereocenters. The molecule has 0 radical (unpaired) electrons. The summed E-state index contributed by atoms with van der Waals surface area (Å²) in [7, 11) is -1.34. The molecule has 3 N–H and O–H groups in total. The summed E-state index contributed by atoms with van der Waals surface area (Å²) in [6.07, 6.45) is 3.41. The number of rotatable bonds is 8. The zero-order valence-electron chi connectivity index (χ0n) is 18.8. The van der Waals surface area contributed by atoms with Gasteiger partial charge in [0.1, 0.15) is 12.4 Å². The van der Waals surface area contributed by atoms with Crippen molar-refractivity contribution in [2.24, 2.45) is 5.73 Å².